The third-order valence-electron chi connectivity index (χ3n) is 2.26. The topological polar surface area (TPSA) is 37.6 Å². The third-order valence-corrected chi connectivity index (χ3v) is 3.93. The maximum Gasteiger partial charge on any atom is 0.141 e. The van der Waals surface area contributed by atoms with Gasteiger partial charge in [-0.1, -0.05) is 46.3 Å². The highest BCUT2D eigenvalue weighted by Crippen LogP contribution is 2.12. The van der Waals surface area contributed by atoms with Crippen molar-refractivity contribution in [3.63, 3.8) is 0 Å². The fraction of sp³-hybridized carbons (Fsp3) is 0.0769. The summed E-state index contributed by atoms with van der Waals surface area (Å²) in [5.41, 5.74) is 2.30. The van der Waals surface area contributed by atoms with Gasteiger partial charge in [-0.05, 0) is 29.8 Å². The Hall–Kier alpha value is -0.650. The van der Waals surface area contributed by atoms with Crippen LogP contribution in [0.3, 0.4) is 0 Å². The van der Waals surface area contributed by atoms with Gasteiger partial charge in [-0.3, -0.25) is 4.72 Å². The molecule has 2 nitrogen and oxygen atoms in total. The predicted octanol–water partition coefficient (Wildman–Crippen LogP) is -0.459. The number of benzene rings is 2. The molecule has 0 amide bonds. The zero-order chi connectivity index (χ0) is 12.1. The average Bonchev–Trinajstić information content (AvgIpc) is 2.33. The van der Waals surface area contributed by atoms with Crippen LogP contribution < -0.4 is 26.5 Å². The molecule has 2 rings (SSSR count). The molecule has 0 bridgehead atoms. The fourth-order valence-corrected chi connectivity index (χ4v) is 2.78. The smallest absolute Gasteiger partial charge is 0.141 e. The molecule has 0 heterocycles. The van der Waals surface area contributed by atoms with Gasteiger partial charge in [0.2, 0.25) is 0 Å². The van der Waals surface area contributed by atoms with Gasteiger partial charge >= 0.3 is 0 Å². The van der Waals surface area contributed by atoms with E-state index in [1.807, 2.05) is 42.5 Å². The minimum Gasteiger partial charge on any atom is -1.00 e. The zero-order valence-corrected chi connectivity index (χ0v) is 13.6. The van der Waals surface area contributed by atoms with Crippen LogP contribution in [0.1, 0.15) is 5.56 Å². The Bertz CT molecular complexity index is 500. The highest BCUT2D eigenvalue weighted by Gasteiger charge is 2.02. The SMILES string of the molecule is [Br-].[NH2+]=S(Cc1ccc(Br)cc1)Nc1ccccc1. The second-order valence-electron chi connectivity index (χ2n) is 3.67. The lowest BCUT2D eigenvalue weighted by atomic mass is 10.2. The van der Waals surface area contributed by atoms with Crippen molar-refractivity contribution < 1.29 is 21.8 Å². The van der Waals surface area contributed by atoms with E-state index in [4.69, 9.17) is 4.78 Å². The van der Waals surface area contributed by atoms with E-state index in [0.717, 1.165) is 15.9 Å². The van der Waals surface area contributed by atoms with Crippen LogP contribution in [-0.2, 0) is 16.6 Å². The van der Waals surface area contributed by atoms with E-state index < -0.39 is 0 Å². The molecule has 0 aliphatic carbocycles. The number of rotatable bonds is 4. The van der Waals surface area contributed by atoms with Crippen molar-refractivity contribution in [1.29, 1.82) is 0 Å². The Kier molecular flexibility index (Phi) is 6.60. The largest absolute Gasteiger partial charge is 1.00 e. The summed E-state index contributed by atoms with van der Waals surface area (Å²) in [6.45, 7) is 0. The zero-order valence-electron chi connectivity index (χ0n) is 9.64. The highest BCUT2D eigenvalue weighted by molar-refractivity contribution is 9.10. The van der Waals surface area contributed by atoms with E-state index in [2.05, 4.69) is 32.8 Å². The number of halogens is 2. The number of hydrogen-bond acceptors (Lipinski definition) is 0. The Morgan fingerprint density at radius 3 is 2.22 bits per heavy atom. The van der Waals surface area contributed by atoms with Crippen LogP contribution in [0.15, 0.2) is 59.1 Å². The summed E-state index contributed by atoms with van der Waals surface area (Å²) in [7, 11) is -0.344. The van der Waals surface area contributed by atoms with Crippen molar-refractivity contribution in [3.05, 3.63) is 64.6 Å². The lowest BCUT2D eigenvalue weighted by molar-refractivity contribution is -0.0752. The van der Waals surface area contributed by atoms with Crippen molar-refractivity contribution in [2.75, 3.05) is 4.72 Å². The van der Waals surface area contributed by atoms with Crippen molar-refractivity contribution >= 4 is 32.5 Å². The first-order valence-corrected chi connectivity index (χ1v) is 7.50. The van der Waals surface area contributed by atoms with Gasteiger partial charge in [-0.15, -0.1) is 0 Å². The van der Waals surface area contributed by atoms with Gasteiger partial charge in [0.05, 0.1) is 5.75 Å². The average molecular weight is 390 g/mol. The number of nitrogens with one attached hydrogen (secondary N) is 1. The van der Waals surface area contributed by atoms with Gasteiger partial charge < -0.3 is 17.0 Å². The first-order valence-electron chi connectivity index (χ1n) is 5.25. The van der Waals surface area contributed by atoms with E-state index in [9.17, 15) is 0 Å². The molecule has 0 aliphatic rings. The number of hydrogen-bond donors (Lipinski definition) is 2. The van der Waals surface area contributed by atoms with E-state index >= 15 is 0 Å². The minimum absolute atomic E-state index is 0. The Balaban J connectivity index is 0.00000162. The molecule has 0 aromatic heterocycles. The molecule has 0 fully saturated rings. The molecular formula is C13H14Br2N2S. The molecule has 0 saturated heterocycles. The number of nitrogens with two attached hydrogens (primary N) is 1. The highest BCUT2D eigenvalue weighted by atomic mass is 79.9. The summed E-state index contributed by atoms with van der Waals surface area (Å²) in [4.78, 5) is 0. The van der Waals surface area contributed by atoms with Crippen LogP contribution in [0, 0.1) is 0 Å². The molecule has 0 aliphatic heterocycles. The normalized spacial score (nSPS) is 11.4. The molecule has 0 spiro atoms. The Labute approximate surface area is 129 Å². The molecule has 0 saturated carbocycles. The molecule has 3 N–H and O–H groups in total. The number of para-hydroxylation sites is 1. The van der Waals surface area contributed by atoms with Gasteiger partial charge in [0, 0.05) is 10.2 Å². The summed E-state index contributed by atoms with van der Waals surface area (Å²) in [6, 6.07) is 18.3. The molecule has 2 aromatic rings. The molecule has 2 aromatic carbocycles. The van der Waals surface area contributed by atoms with Gasteiger partial charge in [0.15, 0.2) is 0 Å². The van der Waals surface area contributed by atoms with E-state index in [1.54, 1.807) is 0 Å². The summed E-state index contributed by atoms with van der Waals surface area (Å²) in [5, 5.41) is 0. The van der Waals surface area contributed by atoms with E-state index in [-0.39, 0.29) is 27.9 Å². The van der Waals surface area contributed by atoms with Crippen LogP contribution >= 0.6 is 15.9 Å². The van der Waals surface area contributed by atoms with Gasteiger partial charge in [-0.25, -0.2) is 4.78 Å². The maximum atomic E-state index is 6.08. The van der Waals surface area contributed by atoms with E-state index in [0.29, 0.717) is 0 Å². The molecule has 5 heteroatoms. The second-order valence-corrected chi connectivity index (χ2v) is 5.93. The standard InChI is InChI=1S/C13H13BrN2S.BrH/c14-12-8-6-11(7-9-12)10-17(15)16-13-4-2-1-3-5-13;/h1-9H,10H2,(H2,15,16);1H. The van der Waals surface area contributed by atoms with Crippen LogP contribution in [0.25, 0.3) is 0 Å². The molecule has 1 atom stereocenters. The van der Waals surface area contributed by atoms with Gasteiger partial charge in [-0.2, -0.15) is 0 Å². The molecule has 96 valence electrons. The van der Waals surface area contributed by atoms with Crippen LogP contribution in [0.5, 0.6) is 0 Å². The minimum atomic E-state index is -0.344. The quantitative estimate of drug-likeness (QED) is 0.729. The molecule has 0 radical (unpaired) electrons. The van der Waals surface area contributed by atoms with E-state index in [1.165, 1.54) is 5.56 Å². The number of anilines is 1. The van der Waals surface area contributed by atoms with Crippen molar-refractivity contribution in [3.8, 4) is 0 Å². The Morgan fingerprint density at radius 2 is 1.61 bits per heavy atom. The maximum absolute atomic E-state index is 6.08. The predicted molar refractivity (Wildman–Crippen MR) is 77.2 cm³/mol. The van der Waals surface area contributed by atoms with Gasteiger partial charge in [0.1, 0.15) is 10.9 Å². The monoisotopic (exact) mass is 388 g/mol. The molecule has 1 unspecified atom stereocenters. The van der Waals surface area contributed by atoms with Crippen molar-refractivity contribution in [1.82, 2.24) is 0 Å². The van der Waals surface area contributed by atoms with Crippen LogP contribution in [0.2, 0.25) is 0 Å². The summed E-state index contributed by atoms with van der Waals surface area (Å²) in [6.07, 6.45) is 0. The van der Waals surface area contributed by atoms with Crippen LogP contribution in [-0.4, -0.2) is 0 Å². The lowest BCUT2D eigenvalue weighted by Gasteiger charge is -2.04. The van der Waals surface area contributed by atoms with Crippen molar-refractivity contribution in [2.45, 2.75) is 5.75 Å². The first-order chi connectivity index (χ1) is 8.24. The second kappa shape index (κ2) is 7.71. The first kappa shape index (κ1) is 15.4. The summed E-state index contributed by atoms with van der Waals surface area (Å²) >= 11 is 3.42. The summed E-state index contributed by atoms with van der Waals surface area (Å²) < 4.78 is 10.5. The lowest BCUT2D eigenvalue weighted by Crippen LogP contribution is -3.00. The summed E-state index contributed by atoms with van der Waals surface area (Å²) in [5.74, 6) is 0.835. The van der Waals surface area contributed by atoms with Crippen LogP contribution in [0.4, 0.5) is 5.69 Å². The molecular weight excluding hydrogens is 376 g/mol. The van der Waals surface area contributed by atoms with Gasteiger partial charge in [0.25, 0.3) is 0 Å². The molecule has 18 heavy (non-hydrogen) atoms. The fourth-order valence-electron chi connectivity index (χ4n) is 1.45. The Morgan fingerprint density at radius 1 is 1.00 bits per heavy atom. The third kappa shape index (κ3) is 4.92. The van der Waals surface area contributed by atoms with Crippen molar-refractivity contribution in [2.24, 2.45) is 0 Å².